The lowest BCUT2D eigenvalue weighted by Crippen LogP contribution is -2.22. The van der Waals surface area contributed by atoms with Crippen molar-refractivity contribution in [1.29, 1.82) is 0 Å². The predicted molar refractivity (Wildman–Crippen MR) is 68.1 cm³/mol. The summed E-state index contributed by atoms with van der Waals surface area (Å²) in [5.74, 6) is 0.867. The van der Waals surface area contributed by atoms with Crippen LogP contribution in [0, 0.1) is 0 Å². The first kappa shape index (κ1) is 12.2. The quantitative estimate of drug-likeness (QED) is 0.805. The molecule has 1 aromatic rings. The molecule has 94 valence electrons. The van der Waals surface area contributed by atoms with Crippen LogP contribution in [-0.2, 0) is 11.3 Å². The molecule has 2 N–H and O–H groups in total. The minimum atomic E-state index is 0.370. The van der Waals surface area contributed by atoms with E-state index in [1.165, 1.54) is 5.56 Å². The van der Waals surface area contributed by atoms with Crippen molar-refractivity contribution in [2.75, 3.05) is 33.0 Å². The molecular formula is C13H20N2O2. The molecule has 1 unspecified atom stereocenters. The van der Waals surface area contributed by atoms with Crippen molar-refractivity contribution < 1.29 is 9.47 Å². The highest BCUT2D eigenvalue weighted by Crippen LogP contribution is 2.24. The van der Waals surface area contributed by atoms with Gasteiger partial charge in [0.25, 0.3) is 0 Å². The van der Waals surface area contributed by atoms with Crippen LogP contribution in [0.15, 0.2) is 18.2 Å². The number of likely N-dealkylation sites (tertiary alicyclic amines) is 1. The second kappa shape index (κ2) is 5.38. The van der Waals surface area contributed by atoms with Gasteiger partial charge in [-0.1, -0.05) is 6.07 Å². The summed E-state index contributed by atoms with van der Waals surface area (Å²) in [7, 11) is 3.46. The van der Waals surface area contributed by atoms with E-state index in [4.69, 9.17) is 15.2 Å². The number of nitrogens with two attached hydrogens (primary N) is 1. The second-order valence-corrected chi connectivity index (χ2v) is 4.45. The summed E-state index contributed by atoms with van der Waals surface area (Å²) in [4.78, 5) is 2.38. The van der Waals surface area contributed by atoms with Gasteiger partial charge in [0.2, 0.25) is 0 Å². The Morgan fingerprint density at radius 3 is 2.88 bits per heavy atom. The highest BCUT2D eigenvalue weighted by Gasteiger charge is 2.22. The average Bonchev–Trinajstić information content (AvgIpc) is 2.79. The Morgan fingerprint density at radius 2 is 2.24 bits per heavy atom. The largest absolute Gasteiger partial charge is 0.496 e. The monoisotopic (exact) mass is 236 g/mol. The fourth-order valence-corrected chi connectivity index (χ4v) is 2.27. The smallest absolute Gasteiger partial charge is 0.125 e. The summed E-state index contributed by atoms with van der Waals surface area (Å²) >= 11 is 0. The standard InChI is InChI=1S/C13H20N2O2/c1-16-12-5-6-15(9-12)8-10-3-4-11(14)7-13(10)17-2/h3-4,7,12H,5-6,8-9,14H2,1-2H3. The van der Waals surface area contributed by atoms with E-state index in [1.54, 1.807) is 14.2 Å². The molecule has 2 rings (SSSR count). The van der Waals surface area contributed by atoms with Crippen molar-refractivity contribution >= 4 is 5.69 Å². The zero-order chi connectivity index (χ0) is 12.3. The SMILES string of the molecule is COc1cc(N)ccc1CN1CCC(OC)C1. The summed E-state index contributed by atoms with van der Waals surface area (Å²) in [6.45, 7) is 2.96. The van der Waals surface area contributed by atoms with Gasteiger partial charge < -0.3 is 15.2 Å². The van der Waals surface area contributed by atoms with Gasteiger partial charge in [-0.2, -0.15) is 0 Å². The number of hydrogen-bond acceptors (Lipinski definition) is 4. The minimum absolute atomic E-state index is 0.370. The predicted octanol–water partition coefficient (Wildman–Crippen LogP) is 1.50. The Kier molecular flexibility index (Phi) is 3.86. The molecule has 4 nitrogen and oxygen atoms in total. The fourth-order valence-electron chi connectivity index (χ4n) is 2.27. The van der Waals surface area contributed by atoms with E-state index in [2.05, 4.69) is 4.90 Å². The Hall–Kier alpha value is -1.26. The van der Waals surface area contributed by atoms with Crippen molar-refractivity contribution in [1.82, 2.24) is 4.90 Å². The third-order valence-electron chi connectivity index (χ3n) is 3.27. The van der Waals surface area contributed by atoms with Gasteiger partial charge in [-0.15, -0.1) is 0 Å². The van der Waals surface area contributed by atoms with Crippen molar-refractivity contribution in [2.45, 2.75) is 19.1 Å². The van der Waals surface area contributed by atoms with Crippen LogP contribution in [0.1, 0.15) is 12.0 Å². The lowest BCUT2D eigenvalue weighted by atomic mass is 10.1. The third kappa shape index (κ3) is 2.90. The topological polar surface area (TPSA) is 47.7 Å². The first-order valence-electron chi connectivity index (χ1n) is 5.90. The molecule has 0 aromatic heterocycles. The number of benzene rings is 1. The molecule has 0 aliphatic carbocycles. The van der Waals surface area contributed by atoms with Crippen LogP contribution >= 0.6 is 0 Å². The van der Waals surface area contributed by atoms with Gasteiger partial charge in [-0.05, 0) is 12.5 Å². The molecule has 1 aromatic carbocycles. The summed E-state index contributed by atoms with van der Waals surface area (Å²) < 4.78 is 10.7. The van der Waals surface area contributed by atoms with E-state index in [9.17, 15) is 0 Å². The zero-order valence-electron chi connectivity index (χ0n) is 10.5. The van der Waals surface area contributed by atoms with E-state index in [0.717, 1.165) is 37.5 Å². The van der Waals surface area contributed by atoms with Crippen molar-refractivity contribution in [3.8, 4) is 5.75 Å². The van der Waals surface area contributed by atoms with Crippen LogP contribution in [0.2, 0.25) is 0 Å². The normalized spacial score (nSPS) is 20.7. The number of nitrogen functional groups attached to an aromatic ring is 1. The molecule has 1 saturated heterocycles. The number of nitrogens with zero attached hydrogens (tertiary/aromatic N) is 1. The Balaban J connectivity index is 2.03. The van der Waals surface area contributed by atoms with Crippen molar-refractivity contribution in [3.05, 3.63) is 23.8 Å². The Bertz CT molecular complexity index is 382. The van der Waals surface area contributed by atoms with E-state index in [-0.39, 0.29) is 0 Å². The van der Waals surface area contributed by atoms with E-state index in [0.29, 0.717) is 6.10 Å². The van der Waals surface area contributed by atoms with E-state index in [1.807, 2.05) is 18.2 Å². The van der Waals surface area contributed by atoms with Gasteiger partial charge in [-0.25, -0.2) is 0 Å². The molecule has 0 amide bonds. The van der Waals surface area contributed by atoms with Gasteiger partial charge >= 0.3 is 0 Å². The van der Waals surface area contributed by atoms with Gasteiger partial charge in [0.05, 0.1) is 13.2 Å². The average molecular weight is 236 g/mol. The maximum absolute atomic E-state index is 5.74. The van der Waals surface area contributed by atoms with Gasteiger partial charge in [-0.3, -0.25) is 4.90 Å². The molecule has 0 saturated carbocycles. The molecular weight excluding hydrogens is 216 g/mol. The van der Waals surface area contributed by atoms with E-state index >= 15 is 0 Å². The highest BCUT2D eigenvalue weighted by atomic mass is 16.5. The third-order valence-corrected chi connectivity index (χ3v) is 3.27. The molecule has 1 fully saturated rings. The summed E-state index contributed by atoms with van der Waals surface area (Å²) in [6, 6.07) is 5.83. The first-order chi connectivity index (χ1) is 8.22. The molecule has 0 spiro atoms. The van der Waals surface area contributed by atoms with Crippen molar-refractivity contribution in [3.63, 3.8) is 0 Å². The minimum Gasteiger partial charge on any atom is -0.496 e. The number of methoxy groups -OCH3 is 2. The van der Waals surface area contributed by atoms with Crippen LogP contribution in [0.5, 0.6) is 5.75 Å². The Morgan fingerprint density at radius 1 is 1.41 bits per heavy atom. The molecule has 1 atom stereocenters. The summed E-state index contributed by atoms with van der Waals surface area (Å²) in [5, 5.41) is 0. The zero-order valence-corrected chi connectivity index (χ0v) is 10.5. The number of hydrogen-bond donors (Lipinski definition) is 1. The van der Waals surface area contributed by atoms with Crippen LogP contribution in [0.25, 0.3) is 0 Å². The molecule has 17 heavy (non-hydrogen) atoms. The number of ether oxygens (including phenoxy) is 2. The van der Waals surface area contributed by atoms with Gasteiger partial charge in [0.1, 0.15) is 5.75 Å². The lowest BCUT2D eigenvalue weighted by Gasteiger charge is -2.17. The first-order valence-corrected chi connectivity index (χ1v) is 5.90. The second-order valence-electron chi connectivity index (χ2n) is 4.45. The molecule has 1 heterocycles. The number of rotatable bonds is 4. The highest BCUT2D eigenvalue weighted by molar-refractivity contribution is 5.48. The summed E-state index contributed by atoms with van der Waals surface area (Å²) in [5.41, 5.74) is 7.66. The maximum Gasteiger partial charge on any atom is 0.125 e. The molecule has 4 heteroatoms. The molecule has 0 bridgehead atoms. The fraction of sp³-hybridized carbons (Fsp3) is 0.538. The molecule has 0 radical (unpaired) electrons. The Labute approximate surface area is 102 Å². The maximum atomic E-state index is 5.74. The van der Waals surface area contributed by atoms with Crippen LogP contribution in [0.3, 0.4) is 0 Å². The summed E-state index contributed by atoms with van der Waals surface area (Å²) in [6.07, 6.45) is 1.48. The van der Waals surface area contributed by atoms with Crippen LogP contribution < -0.4 is 10.5 Å². The van der Waals surface area contributed by atoms with Crippen molar-refractivity contribution in [2.24, 2.45) is 0 Å². The van der Waals surface area contributed by atoms with Crippen LogP contribution in [-0.4, -0.2) is 38.3 Å². The van der Waals surface area contributed by atoms with Crippen LogP contribution in [0.4, 0.5) is 5.69 Å². The molecule has 1 aliphatic rings. The lowest BCUT2D eigenvalue weighted by molar-refractivity contribution is 0.107. The van der Waals surface area contributed by atoms with E-state index < -0.39 is 0 Å². The van der Waals surface area contributed by atoms with Gasteiger partial charge in [0.15, 0.2) is 0 Å². The molecule has 1 aliphatic heterocycles. The number of anilines is 1. The van der Waals surface area contributed by atoms with Gasteiger partial charge in [0, 0.05) is 44.1 Å².